The average Bonchev–Trinajstić information content (AvgIpc) is 2.39. The Balaban J connectivity index is 2.29. The first kappa shape index (κ1) is 14.5. The predicted molar refractivity (Wildman–Crippen MR) is 71.9 cm³/mol. The number of fused-ring (bicyclic) bond motifs is 1. The number of carbonyl (C=O) groups is 2. The molecule has 0 saturated heterocycles. The van der Waals surface area contributed by atoms with Crippen LogP contribution in [0.2, 0.25) is 5.32 Å². The van der Waals surface area contributed by atoms with Crippen LogP contribution >= 0.6 is 0 Å². The average molecular weight is 343 g/mol. The summed E-state index contributed by atoms with van der Waals surface area (Å²) >= 11 is -0.0454. The molecule has 1 heterocycles. The summed E-state index contributed by atoms with van der Waals surface area (Å²) in [5.41, 5.74) is 6.50. The Kier molecular flexibility index (Phi) is 4.39. The van der Waals surface area contributed by atoms with E-state index >= 15 is 0 Å². The normalized spacial score (nSPS) is 14.9. The van der Waals surface area contributed by atoms with Gasteiger partial charge in [0, 0.05) is 0 Å². The number of aliphatic imine (C=N–C) groups is 1. The molecule has 0 radical (unpaired) electrons. The minimum atomic E-state index is -1.09. The van der Waals surface area contributed by atoms with Crippen molar-refractivity contribution in [3.63, 3.8) is 0 Å². The second-order valence-corrected chi connectivity index (χ2v) is 6.25. The molecule has 106 valence electrons. The van der Waals surface area contributed by atoms with E-state index in [0.29, 0.717) is 23.0 Å². The molecular weight excluding hydrogens is 331 g/mol. The Morgan fingerprint density at radius 3 is 3.00 bits per heavy atom. The van der Waals surface area contributed by atoms with Gasteiger partial charge in [-0.3, -0.25) is 0 Å². The van der Waals surface area contributed by atoms with Gasteiger partial charge < -0.3 is 0 Å². The van der Waals surface area contributed by atoms with Gasteiger partial charge >= 0.3 is 120 Å². The molecule has 0 spiro atoms. The number of ether oxygens (including phenoxy) is 1. The molecule has 8 heteroatoms. The van der Waals surface area contributed by atoms with E-state index in [-0.39, 0.29) is 33.0 Å². The van der Waals surface area contributed by atoms with Crippen LogP contribution in [0.5, 0.6) is 5.75 Å². The maximum absolute atomic E-state index is 10.7. The van der Waals surface area contributed by atoms with Crippen LogP contribution < -0.4 is 10.2 Å². The molecule has 1 aliphatic heterocycles. The fourth-order valence-electron chi connectivity index (χ4n) is 1.74. The number of aromatic hydroxyl groups is 1. The molecule has 1 atom stereocenters. The van der Waals surface area contributed by atoms with Crippen molar-refractivity contribution in [2.75, 3.05) is 0 Å². The number of carboxylic acid groups (broad SMARTS) is 1. The van der Waals surface area contributed by atoms with Gasteiger partial charge in [0.05, 0.1) is 0 Å². The number of phenols is 1. The summed E-state index contributed by atoms with van der Waals surface area (Å²) in [5.74, 6) is -0.881. The Morgan fingerprint density at radius 2 is 2.35 bits per heavy atom. The standard InChI is InChI=1S/C12H12N2O5Se/c13-7(12(17)18)1-6-2-8(16)11-9(3-6)20-4-10(14-11)19-5-15/h2-3,5,7,16H,1,4,13H2,(H,17,18)/t7-/m0/s1. The zero-order valence-corrected chi connectivity index (χ0v) is 12.0. The molecule has 2 rings (SSSR count). The number of benzene rings is 1. The van der Waals surface area contributed by atoms with Crippen LogP contribution in [0.3, 0.4) is 0 Å². The first-order valence-corrected chi connectivity index (χ1v) is 7.73. The zero-order chi connectivity index (χ0) is 14.7. The number of hydrogen-bond donors (Lipinski definition) is 3. The summed E-state index contributed by atoms with van der Waals surface area (Å²) in [5, 5.41) is 19.2. The molecule has 20 heavy (non-hydrogen) atoms. The molecule has 0 amide bonds. The van der Waals surface area contributed by atoms with Crippen LogP contribution in [-0.4, -0.2) is 49.6 Å². The number of aliphatic carboxylic acids is 1. The molecule has 7 nitrogen and oxygen atoms in total. The van der Waals surface area contributed by atoms with E-state index < -0.39 is 12.0 Å². The van der Waals surface area contributed by atoms with Gasteiger partial charge in [-0.25, -0.2) is 0 Å². The van der Waals surface area contributed by atoms with Crippen molar-refractivity contribution in [3.05, 3.63) is 17.7 Å². The number of rotatable bonds is 4. The van der Waals surface area contributed by atoms with Gasteiger partial charge in [-0.2, -0.15) is 0 Å². The third-order valence-corrected chi connectivity index (χ3v) is 4.79. The third-order valence-electron chi connectivity index (χ3n) is 2.66. The van der Waals surface area contributed by atoms with Crippen LogP contribution in [0.4, 0.5) is 5.69 Å². The molecule has 4 N–H and O–H groups in total. The number of phenolic OH excluding ortho intramolecular Hbond substituents is 1. The summed E-state index contributed by atoms with van der Waals surface area (Å²) in [7, 11) is 0. The first-order chi connectivity index (χ1) is 9.51. The number of carbonyl (C=O) groups excluding carboxylic acids is 1. The summed E-state index contributed by atoms with van der Waals surface area (Å²) in [6.45, 7) is 0.303. The Labute approximate surface area is 120 Å². The molecule has 0 saturated carbocycles. The molecule has 1 aromatic rings. The van der Waals surface area contributed by atoms with E-state index in [1.54, 1.807) is 6.07 Å². The molecule has 1 aromatic carbocycles. The number of carboxylic acids is 1. The summed E-state index contributed by atoms with van der Waals surface area (Å²) in [6, 6.07) is 2.21. The fourth-order valence-corrected chi connectivity index (χ4v) is 3.70. The van der Waals surface area contributed by atoms with Gasteiger partial charge in [0.2, 0.25) is 0 Å². The zero-order valence-electron chi connectivity index (χ0n) is 10.3. The minimum absolute atomic E-state index is 0.0454. The van der Waals surface area contributed by atoms with Crippen molar-refractivity contribution in [2.24, 2.45) is 10.7 Å². The van der Waals surface area contributed by atoms with E-state index in [9.17, 15) is 14.7 Å². The summed E-state index contributed by atoms with van der Waals surface area (Å²) in [4.78, 5) is 25.1. The third kappa shape index (κ3) is 3.16. The van der Waals surface area contributed by atoms with Crippen LogP contribution in [-0.2, 0) is 20.7 Å². The quantitative estimate of drug-likeness (QED) is 0.491. The van der Waals surface area contributed by atoms with E-state index in [2.05, 4.69) is 4.99 Å². The Bertz CT molecular complexity index is 587. The summed E-state index contributed by atoms with van der Waals surface area (Å²) in [6.07, 6.45) is 0.133. The monoisotopic (exact) mass is 344 g/mol. The summed E-state index contributed by atoms with van der Waals surface area (Å²) < 4.78 is 5.53. The molecule has 0 aromatic heterocycles. The second kappa shape index (κ2) is 6.04. The SMILES string of the molecule is N[C@@H](Cc1cc(O)c2c(c1)[Se]CC(OC=O)=N2)C(=O)O. The van der Waals surface area contributed by atoms with Crippen LogP contribution in [0.1, 0.15) is 5.56 Å². The topological polar surface area (TPSA) is 122 Å². The predicted octanol–water partition coefficient (Wildman–Crippen LogP) is -0.689. The van der Waals surface area contributed by atoms with Gasteiger partial charge in [0.1, 0.15) is 0 Å². The van der Waals surface area contributed by atoms with Crippen molar-refractivity contribution < 1.29 is 24.5 Å². The van der Waals surface area contributed by atoms with Crippen molar-refractivity contribution >= 4 is 43.4 Å². The first-order valence-electron chi connectivity index (χ1n) is 5.66. The van der Waals surface area contributed by atoms with Crippen molar-refractivity contribution in [1.29, 1.82) is 0 Å². The van der Waals surface area contributed by atoms with Crippen LogP contribution in [0, 0.1) is 0 Å². The molecule has 1 aliphatic rings. The van der Waals surface area contributed by atoms with E-state index in [0.717, 1.165) is 4.46 Å². The fraction of sp³-hybridized carbons (Fsp3) is 0.250. The molecule has 0 aliphatic carbocycles. The Hall–Kier alpha value is -1.89. The van der Waals surface area contributed by atoms with E-state index in [1.807, 2.05) is 0 Å². The second-order valence-electron chi connectivity index (χ2n) is 4.12. The van der Waals surface area contributed by atoms with Crippen LogP contribution in [0.25, 0.3) is 0 Å². The van der Waals surface area contributed by atoms with Crippen molar-refractivity contribution in [3.8, 4) is 5.75 Å². The molecule has 0 fully saturated rings. The maximum atomic E-state index is 10.7. The van der Waals surface area contributed by atoms with Crippen molar-refractivity contribution in [2.45, 2.75) is 17.8 Å². The number of hydrogen-bond acceptors (Lipinski definition) is 6. The van der Waals surface area contributed by atoms with Crippen LogP contribution in [0.15, 0.2) is 17.1 Å². The molecule has 0 unspecified atom stereocenters. The van der Waals surface area contributed by atoms with Gasteiger partial charge in [-0.05, 0) is 0 Å². The molecular formula is C12H12N2O5Se. The number of nitrogens with two attached hydrogens (primary N) is 1. The van der Waals surface area contributed by atoms with E-state index in [4.69, 9.17) is 15.6 Å². The van der Waals surface area contributed by atoms with Gasteiger partial charge in [-0.1, -0.05) is 0 Å². The molecule has 0 bridgehead atoms. The van der Waals surface area contributed by atoms with Gasteiger partial charge in [0.15, 0.2) is 0 Å². The Morgan fingerprint density at radius 1 is 1.60 bits per heavy atom. The van der Waals surface area contributed by atoms with Gasteiger partial charge in [-0.15, -0.1) is 0 Å². The number of nitrogens with zero attached hydrogens (tertiary/aromatic N) is 1. The van der Waals surface area contributed by atoms with Crippen molar-refractivity contribution in [1.82, 2.24) is 0 Å². The van der Waals surface area contributed by atoms with E-state index in [1.165, 1.54) is 6.07 Å². The van der Waals surface area contributed by atoms with Gasteiger partial charge in [0.25, 0.3) is 0 Å².